The summed E-state index contributed by atoms with van der Waals surface area (Å²) in [5.41, 5.74) is 0.412. The van der Waals surface area contributed by atoms with Crippen LogP contribution in [0.1, 0.15) is 17.3 Å². The zero-order valence-corrected chi connectivity index (χ0v) is 11.2. The maximum absolute atomic E-state index is 11.8. The zero-order chi connectivity index (χ0) is 15.1. The topological polar surface area (TPSA) is 113 Å². The molecule has 108 valence electrons. The number of carbonyl (C=O) groups is 2. The Morgan fingerprint density at radius 1 is 1.35 bits per heavy atom. The van der Waals surface area contributed by atoms with Gasteiger partial charge in [-0.15, -0.1) is 0 Å². The lowest BCUT2D eigenvalue weighted by Gasteiger charge is -2.08. The molecule has 1 aromatic carbocycles. The van der Waals surface area contributed by atoms with E-state index in [1.807, 2.05) is 0 Å². The molecular weight excluding hydrogens is 264 g/mol. The fourth-order valence-electron chi connectivity index (χ4n) is 1.52. The quantitative estimate of drug-likeness (QED) is 0.519. The van der Waals surface area contributed by atoms with Crippen LogP contribution >= 0.6 is 0 Å². The van der Waals surface area contributed by atoms with Gasteiger partial charge in [-0.25, -0.2) is 0 Å². The minimum Gasteiger partial charge on any atom is -0.380 e. The second kappa shape index (κ2) is 7.07. The molecule has 0 bridgehead atoms. The predicted octanol–water partition coefficient (Wildman–Crippen LogP) is 0.502. The number of rotatable bonds is 6. The molecule has 8 heteroatoms. The smallest absolute Gasteiger partial charge is 0.292 e. The summed E-state index contributed by atoms with van der Waals surface area (Å²) in [5, 5.41) is 18.5. The van der Waals surface area contributed by atoms with Crippen molar-refractivity contribution >= 4 is 23.2 Å². The van der Waals surface area contributed by atoms with Crippen LogP contribution in [0.15, 0.2) is 18.2 Å². The van der Waals surface area contributed by atoms with Gasteiger partial charge < -0.3 is 16.0 Å². The van der Waals surface area contributed by atoms with Gasteiger partial charge in [0.15, 0.2) is 0 Å². The summed E-state index contributed by atoms with van der Waals surface area (Å²) in [6.07, 6.45) is 0. The number of carbonyl (C=O) groups excluding carboxylic acids is 2. The molecule has 0 radical (unpaired) electrons. The van der Waals surface area contributed by atoms with E-state index in [0.29, 0.717) is 6.54 Å². The number of nitrogens with one attached hydrogen (secondary N) is 3. The Kier molecular flexibility index (Phi) is 5.45. The Hall–Kier alpha value is -2.64. The summed E-state index contributed by atoms with van der Waals surface area (Å²) in [6.45, 7) is 2.13. The highest BCUT2D eigenvalue weighted by Crippen LogP contribution is 2.25. The molecule has 2 amide bonds. The molecule has 8 nitrogen and oxygen atoms in total. The number of benzene rings is 1. The summed E-state index contributed by atoms with van der Waals surface area (Å²) in [5.74, 6) is -0.796. The summed E-state index contributed by atoms with van der Waals surface area (Å²) in [4.78, 5) is 33.2. The van der Waals surface area contributed by atoms with Gasteiger partial charge in [0.1, 0.15) is 5.69 Å². The maximum atomic E-state index is 11.8. The van der Waals surface area contributed by atoms with Crippen LogP contribution in [0.2, 0.25) is 0 Å². The van der Waals surface area contributed by atoms with Crippen LogP contribution in [0.3, 0.4) is 0 Å². The lowest BCUT2D eigenvalue weighted by atomic mass is 10.1. The van der Waals surface area contributed by atoms with E-state index in [9.17, 15) is 19.7 Å². The molecule has 0 aromatic heterocycles. The highest BCUT2D eigenvalue weighted by atomic mass is 16.6. The molecule has 0 aliphatic rings. The van der Waals surface area contributed by atoms with E-state index >= 15 is 0 Å². The Morgan fingerprint density at radius 3 is 2.60 bits per heavy atom. The van der Waals surface area contributed by atoms with Crippen LogP contribution in [0.25, 0.3) is 0 Å². The van der Waals surface area contributed by atoms with Crippen LogP contribution in [-0.4, -0.2) is 36.9 Å². The minimum atomic E-state index is -0.524. The molecule has 0 saturated carbocycles. The van der Waals surface area contributed by atoms with Crippen molar-refractivity contribution in [2.45, 2.75) is 6.92 Å². The van der Waals surface area contributed by atoms with Gasteiger partial charge >= 0.3 is 0 Å². The van der Waals surface area contributed by atoms with Crippen LogP contribution in [0.5, 0.6) is 0 Å². The summed E-state index contributed by atoms with van der Waals surface area (Å²) < 4.78 is 0. The Morgan fingerprint density at radius 2 is 2.05 bits per heavy atom. The van der Waals surface area contributed by atoms with E-state index in [0.717, 1.165) is 0 Å². The first-order chi connectivity index (χ1) is 9.49. The zero-order valence-electron chi connectivity index (χ0n) is 11.2. The number of hydrogen-bond donors (Lipinski definition) is 3. The van der Waals surface area contributed by atoms with Crippen LogP contribution in [0, 0.1) is 10.1 Å². The number of amides is 2. The molecule has 1 rings (SSSR count). The van der Waals surface area contributed by atoms with Gasteiger partial charge in [-0.05, 0) is 19.1 Å². The second-order valence-corrected chi connectivity index (χ2v) is 3.88. The fraction of sp³-hybridized carbons (Fsp3) is 0.333. The lowest BCUT2D eigenvalue weighted by Crippen LogP contribution is -2.35. The molecule has 0 saturated heterocycles. The van der Waals surface area contributed by atoms with E-state index in [2.05, 4.69) is 16.0 Å². The molecule has 0 aliphatic carbocycles. The molecular formula is C12H16N4O4. The van der Waals surface area contributed by atoms with Crippen molar-refractivity contribution < 1.29 is 14.5 Å². The van der Waals surface area contributed by atoms with Crippen molar-refractivity contribution in [3.63, 3.8) is 0 Å². The van der Waals surface area contributed by atoms with E-state index in [1.165, 1.54) is 25.2 Å². The highest BCUT2D eigenvalue weighted by molar-refractivity contribution is 5.97. The van der Waals surface area contributed by atoms with Crippen LogP contribution in [0.4, 0.5) is 11.4 Å². The van der Waals surface area contributed by atoms with Gasteiger partial charge in [-0.3, -0.25) is 19.7 Å². The van der Waals surface area contributed by atoms with Crippen molar-refractivity contribution in [1.29, 1.82) is 0 Å². The molecule has 0 fully saturated rings. The number of nitro benzene ring substituents is 1. The molecule has 0 heterocycles. The molecule has 0 atom stereocenters. The second-order valence-electron chi connectivity index (χ2n) is 3.88. The van der Waals surface area contributed by atoms with Crippen molar-refractivity contribution in [2.24, 2.45) is 0 Å². The SMILES string of the molecule is CCNc1cc(C(=O)NCC(=O)NC)ccc1[N+](=O)[O-]. The fourth-order valence-corrected chi connectivity index (χ4v) is 1.52. The predicted molar refractivity (Wildman–Crippen MR) is 73.7 cm³/mol. The molecule has 0 aliphatic heterocycles. The van der Waals surface area contributed by atoms with Gasteiger partial charge in [0.25, 0.3) is 11.6 Å². The molecule has 1 aromatic rings. The molecule has 0 unspecified atom stereocenters. The van der Waals surface area contributed by atoms with Crippen LogP contribution in [-0.2, 0) is 4.79 Å². The van der Waals surface area contributed by atoms with Gasteiger partial charge in [0.05, 0.1) is 11.5 Å². The maximum Gasteiger partial charge on any atom is 0.292 e. The highest BCUT2D eigenvalue weighted by Gasteiger charge is 2.16. The van der Waals surface area contributed by atoms with E-state index in [1.54, 1.807) is 6.92 Å². The van der Waals surface area contributed by atoms with Crippen molar-refractivity contribution in [1.82, 2.24) is 10.6 Å². The summed E-state index contributed by atoms with van der Waals surface area (Å²) in [7, 11) is 1.46. The third-order valence-electron chi connectivity index (χ3n) is 2.51. The number of hydrogen-bond acceptors (Lipinski definition) is 5. The first kappa shape index (κ1) is 15.4. The van der Waals surface area contributed by atoms with Gasteiger partial charge in [-0.1, -0.05) is 0 Å². The third kappa shape index (κ3) is 3.94. The Balaban J connectivity index is 2.90. The number of likely N-dealkylation sites (N-methyl/N-ethyl adjacent to an activating group) is 1. The van der Waals surface area contributed by atoms with Crippen molar-refractivity contribution in [3.05, 3.63) is 33.9 Å². The normalized spacial score (nSPS) is 9.70. The largest absolute Gasteiger partial charge is 0.380 e. The first-order valence-corrected chi connectivity index (χ1v) is 6.00. The Bertz CT molecular complexity index is 530. The minimum absolute atomic E-state index is 0.102. The average molecular weight is 280 g/mol. The number of anilines is 1. The van der Waals surface area contributed by atoms with E-state index in [-0.39, 0.29) is 29.4 Å². The summed E-state index contributed by atoms with van der Waals surface area (Å²) >= 11 is 0. The number of nitro groups is 1. The molecule has 3 N–H and O–H groups in total. The van der Waals surface area contributed by atoms with Gasteiger partial charge in [-0.2, -0.15) is 0 Å². The number of nitrogens with zero attached hydrogens (tertiary/aromatic N) is 1. The van der Waals surface area contributed by atoms with E-state index in [4.69, 9.17) is 0 Å². The lowest BCUT2D eigenvalue weighted by molar-refractivity contribution is -0.384. The Labute approximate surface area is 115 Å². The first-order valence-electron chi connectivity index (χ1n) is 6.00. The molecule has 20 heavy (non-hydrogen) atoms. The molecule has 0 spiro atoms. The van der Waals surface area contributed by atoms with Crippen molar-refractivity contribution in [3.8, 4) is 0 Å². The summed E-state index contributed by atoms with van der Waals surface area (Å²) in [6, 6.07) is 3.99. The standard InChI is InChI=1S/C12H16N4O4/c1-3-14-9-6-8(4-5-10(9)16(19)20)12(18)15-7-11(17)13-2/h4-6,14H,3,7H2,1-2H3,(H,13,17)(H,15,18). The van der Waals surface area contributed by atoms with Gasteiger partial charge in [0.2, 0.25) is 5.91 Å². The third-order valence-corrected chi connectivity index (χ3v) is 2.51. The van der Waals surface area contributed by atoms with Crippen molar-refractivity contribution in [2.75, 3.05) is 25.5 Å². The van der Waals surface area contributed by atoms with Crippen LogP contribution < -0.4 is 16.0 Å². The van der Waals surface area contributed by atoms with Gasteiger partial charge in [0, 0.05) is 25.2 Å². The monoisotopic (exact) mass is 280 g/mol. The average Bonchev–Trinajstić information content (AvgIpc) is 2.44. The van der Waals surface area contributed by atoms with E-state index < -0.39 is 10.8 Å².